The predicted octanol–water partition coefficient (Wildman–Crippen LogP) is 4.17. The van der Waals surface area contributed by atoms with Crippen LogP contribution in [-0.4, -0.2) is 4.98 Å². The molecule has 1 heterocycles. The first-order valence-corrected chi connectivity index (χ1v) is 4.32. The minimum Gasteiger partial charge on any atom is -0.484 e. The molecular formula is C12H24NRu. The SMILES string of the molecule is [CH2-]C.[CH2-]C.[CH2-]C.[CH2-]C.[Ru+5].[c-]1ccc[nH]1. The zero-order chi connectivity index (χ0) is 11.5. The molecule has 0 atom stereocenters. The Labute approximate surface area is 104 Å². The van der Waals surface area contributed by atoms with Crippen molar-refractivity contribution >= 4 is 0 Å². The zero-order valence-corrected chi connectivity index (χ0v) is 11.7. The Hall–Kier alpha value is -0.0966. The van der Waals surface area contributed by atoms with E-state index in [1.165, 1.54) is 0 Å². The van der Waals surface area contributed by atoms with Crippen LogP contribution in [0.25, 0.3) is 0 Å². The molecule has 0 spiro atoms. The third-order valence-corrected chi connectivity index (χ3v) is 0.442. The first-order chi connectivity index (χ1) is 6.50. The van der Waals surface area contributed by atoms with Crippen molar-refractivity contribution in [2.75, 3.05) is 0 Å². The number of aromatic nitrogens is 1. The molecule has 0 unspecified atom stereocenters. The summed E-state index contributed by atoms with van der Waals surface area (Å²) in [6.07, 6.45) is 4.56. The fourth-order valence-corrected chi connectivity index (χ4v) is 0.241. The van der Waals surface area contributed by atoms with Crippen molar-refractivity contribution < 1.29 is 19.5 Å². The molecule has 0 aromatic carbocycles. The minimum atomic E-state index is 0. The Morgan fingerprint density at radius 2 is 1.21 bits per heavy atom. The van der Waals surface area contributed by atoms with Gasteiger partial charge in [0.05, 0.1) is 0 Å². The van der Waals surface area contributed by atoms with Crippen LogP contribution in [0.4, 0.5) is 0 Å². The summed E-state index contributed by atoms with van der Waals surface area (Å²) in [5.41, 5.74) is 0. The molecule has 1 aromatic heterocycles. The van der Waals surface area contributed by atoms with Crippen molar-refractivity contribution in [3.05, 3.63) is 52.2 Å². The summed E-state index contributed by atoms with van der Waals surface area (Å²) in [6, 6.07) is 3.71. The third-order valence-electron chi connectivity index (χ3n) is 0.442. The maximum Gasteiger partial charge on any atom is 5.00 e. The number of H-pyrrole nitrogens is 1. The molecule has 0 saturated heterocycles. The first kappa shape index (κ1) is 29.2. The van der Waals surface area contributed by atoms with Crippen LogP contribution in [0.5, 0.6) is 0 Å². The monoisotopic (exact) mass is 284 g/mol. The Morgan fingerprint density at radius 3 is 1.29 bits per heavy atom. The summed E-state index contributed by atoms with van der Waals surface area (Å²) in [4.78, 5) is 2.74. The summed E-state index contributed by atoms with van der Waals surface area (Å²) in [5, 5.41) is 0. The molecule has 1 rings (SSSR count). The normalized spacial score (nSPS) is 4.57. The number of hydrogen-bond donors (Lipinski definition) is 1. The molecule has 0 aliphatic carbocycles. The van der Waals surface area contributed by atoms with Crippen LogP contribution in [0, 0.1) is 33.9 Å². The summed E-state index contributed by atoms with van der Waals surface area (Å²) >= 11 is 0. The molecule has 0 aliphatic heterocycles. The molecule has 0 aliphatic rings. The Bertz CT molecular complexity index is 66.8. The quantitative estimate of drug-likeness (QED) is 0.543. The standard InChI is InChI=1S/C4H4N.4C2H5.Ru/c1-2-4-5-3-1;4*1-2;/h1-3,5H;4*1H2,2H3;/q5*-1;+5. The van der Waals surface area contributed by atoms with Gasteiger partial charge in [-0.05, 0) is 0 Å². The van der Waals surface area contributed by atoms with Gasteiger partial charge in [0, 0.05) is 0 Å². The second-order valence-corrected chi connectivity index (χ2v) is 0.814. The van der Waals surface area contributed by atoms with Crippen molar-refractivity contribution in [1.82, 2.24) is 4.98 Å². The van der Waals surface area contributed by atoms with Crippen molar-refractivity contribution in [1.29, 1.82) is 0 Å². The third kappa shape index (κ3) is 58.9. The van der Waals surface area contributed by atoms with Gasteiger partial charge >= 0.3 is 19.5 Å². The van der Waals surface area contributed by atoms with E-state index in [1.807, 2.05) is 18.3 Å². The number of aromatic amines is 1. The Kier molecular flexibility index (Phi) is 159. The van der Waals surface area contributed by atoms with E-state index in [-0.39, 0.29) is 19.5 Å². The average molecular weight is 283 g/mol. The van der Waals surface area contributed by atoms with Gasteiger partial charge in [-0.25, -0.2) is 0 Å². The molecule has 1 radical (unpaired) electrons. The molecule has 1 aromatic rings. The van der Waals surface area contributed by atoms with Crippen molar-refractivity contribution in [3.8, 4) is 0 Å². The van der Waals surface area contributed by atoms with Gasteiger partial charge in [0.2, 0.25) is 0 Å². The predicted molar refractivity (Wildman–Crippen MR) is 63.8 cm³/mol. The Morgan fingerprint density at radius 1 is 0.857 bits per heavy atom. The van der Waals surface area contributed by atoms with Crippen LogP contribution in [0.15, 0.2) is 18.3 Å². The number of rotatable bonds is 0. The largest absolute Gasteiger partial charge is 5.00 e. The molecule has 85 valence electrons. The molecule has 1 nitrogen and oxygen atoms in total. The van der Waals surface area contributed by atoms with Gasteiger partial charge in [-0.15, -0.1) is 6.20 Å². The molecule has 0 saturated carbocycles. The van der Waals surface area contributed by atoms with E-state index in [0.717, 1.165) is 0 Å². The summed E-state index contributed by atoms with van der Waals surface area (Å²) < 4.78 is 0. The van der Waals surface area contributed by atoms with E-state index in [4.69, 9.17) is 0 Å². The number of hydrogen-bond acceptors (Lipinski definition) is 0. The van der Waals surface area contributed by atoms with Crippen LogP contribution in [0.2, 0.25) is 0 Å². The van der Waals surface area contributed by atoms with E-state index >= 15 is 0 Å². The van der Waals surface area contributed by atoms with Crippen molar-refractivity contribution in [2.24, 2.45) is 0 Å². The maximum atomic E-state index is 3.25. The second kappa shape index (κ2) is 76.0. The van der Waals surface area contributed by atoms with Gasteiger partial charge in [-0.3, -0.25) is 0 Å². The van der Waals surface area contributed by atoms with Crippen molar-refractivity contribution in [3.63, 3.8) is 0 Å². The fraction of sp³-hybridized carbons (Fsp3) is 0.333. The fourth-order valence-electron chi connectivity index (χ4n) is 0.241. The molecule has 1 N–H and O–H groups in total. The van der Waals surface area contributed by atoms with E-state index in [0.29, 0.717) is 0 Å². The van der Waals surface area contributed by atoms with E-state index in [9.17, 15) is 0 Å². The minimum absolute atomic E-state index is 0. The van der Waals surface area contributed by atoms with Gasteiger partial charge in [-0.2, -0.15) is 46.0 Å². The smallest absolute Gasteiger partial charge is 0.484 e. The summed E-state index contributed by atoms with van der Waals surface area (Å²) in [5.74, 6) is 0. The van der Waals surface area contributed by atoms with Gasteiger partial charge in [0.15, 0.2) is 0 Å². The van der Waals surface area contributed by atoms with Crippen LogP contribution in [-0.2, 0) is 19.5 Å². The topological polar surface area (TPSA) is 15.8 Å². The van der Waals surface area contributed by atoms with Gasteiger partial charge < -0.3 is 32.7 Å². The first-order valence-electron chi connectivity index (χ1n) is 4.32. The van der Waals surface area contributed by atoms with E-state index in [1.54, 1.807) is 27.7 Å². The zero-order valence-electron chi connectivity index (χ0n) is 9.91. The van der Waals surface area contributed by atoms with Crippen LogP contribution < -0.4 is 0 Å². The molecule has 2 heteroatoms. The average Bonchev–Trinajstić information content (AvgIpc) is 2.87. The number of nitrogens with one attached hydrogen (secondary N) is 1. The molecule has 14 heavy (non-hydrogen) atoms. The Balaban J connectivity index is -0.0000000267. The van der Waals surface area contributed by atoms with Crippen LogP contribution in [0.1, 0.15) is 27.7 Å². The van der Waals surface area contributed by atoms with E-state index < -0.39 is 0 Å². The van der Waals surface area contributed by atoms with E-state index in [2.05, 4.69) is 38.9 Å². The van der Waals surface area contributed by atoms with Gasteiger partial charge in [0.1, 0.15) is 0 Å². The van der Waals surface area contributed by atoms with Gasteiger partial charge in [-0.1, -0.05) is 0 Å². The maximum absolute atomic E-state index is 3.25. The molecule has 0 fully saturated rings. The molecular weight excluding hydrogens is 259 g/mol. The second-order valence-electron chi connectivity index (χ2n) is 0.814. The van der Waals surface area contributed by atoms with Crippen LogP contribution in [0.3, 0.4) is 0 Å². The summed E-state index contributed by atoms with van der Waals surface area (Å²) in [7, 11) is 0. The van der Waals surface area contributed by atoms with Gasteiger partial charge in [0.25, 0.3) is 0 Å². The van der Waals surface area contributed by atoms with Crippen LogP contribution >= 0.6 is 0 Å². The molecule has 0 bridgehead atoms. The summed E-state index contributed by atoms with van der Waals surface area (Å²) in [6.45, 7) is 20.0. The molecule has 0 amide bonds. The van der Waals surface area contributed by atoms with Crippen molar-refractivity contribution in [2.45, 2.75) is 27.7 Å².